The molecule has 0 spiro atoms. The maximum Gasteiger partial charge on any atom is 0.0314 e. The molecule has 2 rings (SSSR count). The van der Waals surface area contributed by atoms with Gasteiger partial charge in [0.05, 0.1) is 0 Å². The lowest BCUT2D eigenvalue weighted by Gasteiger charge is -2.20. The lowest BCUT2D eigenvalue weighted by atomic mass is 9.92. The predicted molar refractivity (Wildman–Crippen MR) is 84.3 cm³/mol. The Morgan fingerprint density at radius 1 is 1.39 bits per heavy atom. The molecule has 3 heteroatoms. The van der Waals surface area contributed by atoms with E-state index in [4.69, 9.17) is 0 Å². The quantitative estimate of drug-likeness (QED) is 0.796. The van der Waals surface area contributed by atoms with E-state index in [9.17, 15) is 0 Å². The van der Waals surface area contributed by atoms with Crippen molar-refractivity contribution in [3.63, 3.8) is 0 Å². The van der Waals surface area contributed by atoms with E-state index in [-0.39, 0.29) is 0 Å². The lowest BCUT2D eigenvalue weighted by Crippen LogP contribution is -2.28. The zero-order valence-electron chi connectivity index (χ0n) is 11.4. The van der Waals surface area contributed by atoms with Crippen LogP contribution in [0.3, 0.4) is 0 Å². The van der Waals surface area contributed by atoms with E-state index in [1.54, 1.807) is 0 Å². The first kappa shape index (κ1) is 14.5. The Bertz CT molecular complexity index is 361. The van der Waals surface area contributed by atoms with Gasteiger partial charge in [-0.15, -0.1) is 11.3 Å². The number of halogens is 1. The van der Waals surface area contributed by atoms with E-state index in [0.29, 0.717) is 0 Å². The second kappa shape index (κ2) is 7.06. The Hall–Kier alpha value is 0.140. The van der Waals surface area contributed by atoms with Crippen LogP contribution in [0.1, 0.15) is 38.0 Å². The van der Waals surface area contributed by atoms with E-state index in [1.165, 1.54) is 41.6 Å². The van der Waals surface area contributed by atoms with Gasteiger partial charge in [0.25, 0.3) is 0 Å². The van der Waals surface area contributed by atoms with Crippen LogP contribution in [-0.2, 0) is 6.42 Å². The fraction of sp³-hybridized carbons (Fsp3) is 0.733. The maximum atomic E-state index is 3.66. The van der Waals surface area contributed by atoms with Gasteiger partial charge in [0.2, 0.25) is 0 Å². The van der Waals surface area contributed by atoms with Gasteiger partial charge in [0.1, 0.15) is 0 Å². The molecule has 0 bridgehead atoms. The first-order valence-corrected chi connectivity index (χ1v) is 8.76. The summed E-state index contributed by atoms with van der Waals surface area (Å²) in [6, 6.07) is 2.18. The molecule has 1 N–H and O–H groups in total. The van der Waals surface area contributed by atoms with Crippen LogP contribution in [0.25, 0.3) is 0 Å². The fourth-order valence-electron chi connectivity index (χ4n) is 2.92. The third kappa shape index (κ3) is 4.07. The van der Waals surface area contributed by atoms with E-state index >= 15 is 0 Å². The molecule has 0 radical (unpaired) electrons. The molecule has 2 unspecified atom stereocenters. The Labute approximate surface area is 123 Å². The van der Waals surface area contributed by atoms with Crippen molar-refractivity contribution in [1.82, 2.24) is 5.32 Å². The molecular weight excluding hydrogens is 306 g/mol. The minimum Gasteiger partial charge on any atom is -0.316 e. The highest BCUT2D eigenvalue weighted by molar-refractivity contribution is 9.10. The maximum absolute atomic E-state index is 3.66. The highest BCUT2D eigenvalue weighted by Crippen LogP contribution is 2.36. The Kier molecular flexibility index (Phi) is 5.71. The third-order valence-electron chi connectivity index (χ3n) is 3.91. The second-order valence-electron chi connectivity index (χ2n) is 5.90. The average Bonchev–Trinajstić information content (AvgIpc) is 2.90. The average molecular weight is 330 g/mol. The summed E-state index contributed by atoms with van der Waals surface area (Å²) in [5.41, 5.74) is 0. The monoisotopic (exact) mass is 329 g/mol. The number of rotatable bonds is 6. The minimum absolute atomic E-state index is 0.760. The number of thiophene rings is 1. The van der Waals surface area contributed by atoms with Crippen molar-refractivity contribution in [2.24, 2.45) is 17.8 Å². The van der Waals surface area contributed by atoms with Crippen molar-refractivity contribution in [3.05, 3.63) is 20.8 Å². The van der Waals surface area contributed by atoms with Gasteiger partial charge in [0.15, 0.2) is 0 Å². The molecule has 1 nitrogen and oxygen atoms in total. The smallest absolute Gasteiger partial charge is 0.0314 e. The van der Waals surface area contributed by atoms with Crippen LogP contribution in [0, 0.1) is 17.8 Å². The molecular formula is C15H24BrNS. The van der Waals surface area contributed by atoms with Crippen molar-refractivity contribution >= 4 is 27.3 Å². The van der Waals surface area contributed by atoms with Crippen molar-refractivity contribution in [2.75, 3.05) is 13.1 Å². The standard InChI is InChI=1S/C15H24BrNS/c1-11(2)9-17-10-13-5-3-4-12(13)8-15-14(16)6-7-18-15/h6-7,11-13,17H,3-5,8-10H2,1-2H3. The topological polar surface area (TPSA) is 12.0 Å². The van der Waals surface area contributed by atoms with Gasteiger partial charge in [-0.1, -0.05) is 20.3 Å². The molecule has 2 atom stereocenters. The van der Waals surface area contributed by atoms with Gasteiger partial charge in [0, 0.05) is 9.35 Å². The molecule has 1 heterocycles. The molecule has 0 amide bonds. The van der Waals surface area contributed by atoms with E-state index < -0.39 is 0 Å². The zero-order chi connectivity index (χ0) is 13.0. The molecule has 0 aromatic carbocycles. The van der Waals surface area contributed by atoms with Crippen LogP contribution in [0.2, 0.25) is 0 Å². The van der Waals surface area contributed by atoms with Crippen LogP contribution in [0.15, 0.2) is 15.9 Å². The zero-order valence-corrected chi connectivity index (χ0v) is 13.8. The van der Waals surface area contributed by atoms with E-state index in [0.717, 1.165) is 24.3 Å². The van der Waals surface area contributed by atoms with Gasteiger partial charge >= 0.3 is 0 Å². The van der Waals surface area contributed by atoms with Crippen molar-refractivity contribution in [2.45, 2.75) is 39.5 Å². The molecule has 18 heavy (non-hydrogen) atoms. The van der Waals surface area contributed by atoms with Crippen molar-refractivity contribution in [3.8, 4) is 0 Å². The van der Waals surface area contributed by atoms with Crippen molar-refractivity contribution < 1.29 is 0 Å². The van der Waals surface area contributed by atoms with Gasteiger partial charge < -0.3 is 5.32 Å². The van der Waals surface area contributed by atoms with Gasteiger partial charge in [-0.3, -0.25) is 0 Å². The second-order valence-corrected chi connectivity index (χ2v) is 7.75. The van der Waals surface area contributed by atoms with Crippen LogP contribution in [0.5, 0.6) is 0 Å². The molecule has 0 saturated heterocycles. The first-order valence-electron chi connectivity index (χ1n) is 7.09. The normalized spacial score (nSPS) is 24.0. The highest BCUT2D eigenvalue weighted by Gasteiger charge is 2.27. The Morgan fingerprint density at radius 2 is 2.17 bits per heavy atom. The molecule has 1 aromatic heterocycles. The van der Waals surface area contributed by atoms with E-state index in [1.807, 2.05) is 11.3 Å². The first-order chi connectivity index (χ1) is 8.66. The summed E-state index contributed by atoms with van der Waals surface area (Å²) in [6.45, 7) is 6.93. The summed E-state index contributed by atoms with van der Waals surface area (Å²) in [4.78, 5) is 1.54. The number of nitrogens with one attached hydrogen (secondary N) is 1. The van der Waals surface area contributed by atoms with Crippen LogP contribution in [0.4, 0.5) is 0 Å². The molecule has 0 aliphatic heterocycles. The number of hydrogen-bond donors (Lipinski definition) is 1. The summed E-state index contributed by atoms with van der Waals surface area (Å²) in [5, 5.41) is 5.84. The van der Waals surface area contributed by atoms with E-state index in [2.05, 4.69) is 46.5 Å². The molecule has 1 saturated carbocycles. The van der Waals surface area contributed by atoms with Crippen LogP contribution < -0.4 is 5.32 Å². The molecule has 1 aliphatic rings. The van der Waals surface area contributed by atoms with Gasteiger partial charge in [-0.25, -0.2) is 0 Å². The summed E-state index contributed by atoms with van der Waals surface area (Å²) in [6.07, 6.45) is 5.52. The fourth-order valence-corrected chi connectivity index (χ4v) is 4.53. The molecule has 1 aliphatic carbocycles. The van der Waals surface area contributed by atoms with Gasteiger partial charge in [-0.05, 0) is 77.5 Å². The minimum atomic E-state index is 0.760. The lowest BCUT2D eigenvalue weighted by molar-refractivity contribution is 0.358. The molecule has 102 valence electrons. The summed E-state index contributed by atoms with van der Waals surface area (Å²) in [5.74, 6) is 2.54. The summed E-state index contributed by atoms with van der Waals surface area (Å²) < 4.78 is 1.31. The van der Waals surface area contributed by atoms with Crippen LogP contribution in [-0.4, -0.2) is 13.1 Å². The van der Waals surface area contributed by atoms with Gasteiger partial charge in [-0.2, -0.15) is 0 Å². The highest BCUT2D eigenvalue weighted by atomic mass is 79.9. The third-order valence-corrected chi connectivity index (χ3v) is 5.86. The Morgan fingerprint density at radius 3 is 2.83 bits per heavy atom. The Balaban J connectivity index is 1.82. The molecule has 1 fully saturated rings. The summed E-state index contributed by atoms with van der Waals surface area (Å²) in [7, 11) is 0. The number of hydrogen-bond acceptors (Lipinski definition) is 2. The molecule has 1 aromatic rings. The summed E-state index contributed by atoms with van der Waals surface area (Å²) >= 11 is 5.56. The van der Waals surface area contributed by atoms with Crippen LogP contribution >= 0.6 is 27.3 Å². The SMILES string of the molecule is CC(C)CNCC1CCCC1Cc1sccc1Br. The predicted octanol–water partition coefficient (Wildman–Crippen LogP) is 4.72. The van der Waals surface area contributed by atoms with Crippen molar-refractivity contribution in [1.29, 1.82) is 0 Å². The largest absolute Gasteiger partial charge is 0.316 e.